The van der Waals surface area contributed by atoms with E-state index in [1.807, 2.05) is 20.0 Å². The Morgan fingerprint density at radius 1 is 1.36 bits per heavy atom. The van der Waals surface area contributed by atoms with Crippen LogP contribution in [0.4, 0.5) is 0 Å². The van der Waals surface area contributed by atoms with Crippen molar-refractivity contribution < 1.29 is 8.83 Å². The fraction of sp³-hybridized carbons (Fsp3) is 0.300. The summed E-state index contributed by atoms with van der Waals surface area (Å²) in [5.41, 5.74) is 1.92. The maximum Gasteiger partial charge on any atom is 0.194 e. The second-order valence-corrected chi connectivity index (χ2v) is 3.09. The summed E-state index contributed by atoms with van der Waals surface area (Å²) >= 11 is 0. The zero-order chi connectivity index (χ0) is 9.97. The van der Waals surface area contributed by atoms with Crippen molar-refractivity contribution in [3.05, 3.63) is 30.0 Å². The van der Waals surface area contributed by atoms with Crippen LogP contribution in [0.25, 0.3) is 11.5 Å². The molecule has 0 saturated carbocycles. The first-order valence-electron chi connectivity index (χ1n) is 4.44. The van der Waals surface area contributed by atoms with Gasteiger partial charge in [-0.1, -0.05) is 0 Å². The normalized spacial score (nSPS) is 10.7. The van der Waals surface area contributed by atoms with Crippen molar-refractivity contribution >= 4 is 0 Å². The quantitative estimate of drug-likeness (QED) is 0.807. The second-order valence-electron chi connectivity index (χ2n) is 3.09. The number of aryl methyl sites for hydroxylation is 1. The van der Waals surface area contributed by atoms with Gasteiger partial charge in [-0.15, -0.1) is 0 Å². The fourth-order valence-electron chi connectivity index (χ4n) is 1.35. The van der Waals surface area contributed by atoms with E-state index in [4.69, 9.17) is 8.83 Å². The largest absolute Gasteiger partial charge is 0.461 e. The summed E-state index contributed by atoms with van der Waals surface area (Å²) < 4.78 is 10.6. The van der Waals surface area contributed by atoms with E-state index in [0.717, 1.165) is 17.0 Å². The van der Waals surface area contributed by atoms with Gasteiger partial charge in [-0.05, 0) is 25.6 Å². The molecule has 0 aliphatic carbocycles. The SMILES string of the molecule is CNCc1ncoc1-c1occc1C. The van der Waals surface area contributed by atoms with Gasteiger partial charge in [0.2, 0.25) is 0 Å². The molecule has 2 heterocycles. The first kappa shape index (κ1) is 9.02. The van der Waals surface area contributed by atoms with Crippen LogP contribution in [-0.2, 0) is 6.54 Å². The van der Waals surface area contributed by atoms with Crippen molar-refractivity contribution in [2.75, 3.05) is 7.05 Å². The molecule has 0 aliphatic heterocycles. The Morgan fingerprint density at radius 2 is 2.21 bits per heavy atom. The summed E-state index contributed by atoms with van der Waals surface area (Å²) in [6.45, 7) is 2.65. The van der Waals surface area contributed by atoms with E-state index in [1.165, 1.54) is 6.39 Å². The molecule has 0 aliphatic rings. The molecule has 0 aromatic carbocycles. The van der Waals surface area contributed by atoms with Gasteiger partial charge in [-0.2, -0.15) is 0 Å². The van der Waals surface area contributed by atoms with Crippen molar-refractivity contribution in [2.24, 2.45) is 0 Å². The topological polar surface area (TPSA) is 51.2 Å². The molecule has 0 amide bonds. The second kappa shape index (κ2) is 3.67. The third-order valence-corrected chi connectivity index (χ3v) is 2.05. The number of hydrogen-bond acceptors (Lipinski definition) is 4. The van der Waals surface area contributed by atoms with Gasteiger partial charge in [0.25, 0.3) is 0 Å². The zero-order valence-electron chi connectivity index (χ0n) is 8.20. The maximum absolute atomic E-state index is 5.33. The molecule has 14 heavy (non-hydrogen) atoms. The standard InChI is InChI=1S/C10H12N2O2/c1-7-3-4-13-9(7)10-8(5-11-2)12-6-14-10/h3-4,6,11H,5H2,1-2H3. The van der Waals surface area contributed by atoms with Crippen molar-refractivity contribution in [1.29, 1.82) is 0 Å². The number of oxazole rings is 1. The molecule has 0 radical (unpaired) electrons. The zero-order valence-corrected chi connectivity index (χ0v) is 8.20. The summed E-state index contributed by atoms with van der Waals surface area (Å²) in [7, 11) is 1.87. The summed E-state index contributed by atoms with van der Waals surface area (Å²) in [4.78, 5) is 4.11. The molecule has 2 aromatic heterocycles. The molecule has 0 atom stereocenters. The van der Waals surface area contributed by atoms with E-state index in [9.17, 15) is 0 Å². The van der Waals surface area contributed by atoms with E-state index in [-0.39, 0.29) is 0 Å². The first-order valence-corrected chi connectivity index (χ1v) is 4.44. The molecule has 0 unspecified atom stereocenters. The molecule has 0 bridgehead atoms. The lowest BCUT2D eigenvalue weighted by molar-refractivity contribution is 0.517. The summed E-state index contributed by atoms with van der Waals surface area (Å²) in [6, 6.07) is 1.90. The van der Waals surface area contributed by atoms with E-state index in [0.29, 0.717) is 12.3 Å². The van der Waals surface area contributed by atoms with Crippen LogP contribution in [0, 0.1) is 6.92 Å². The summed E-state index contributed by atoms with van der Waals surface area (Å²) in [5, 5.41) is 3.03. The van der Waals surface area contributed by atoms with Crippen LogP contribution < -0.4 is 5.32 Å². The van der Waals surface area contributed by atoms with Crippen LogP contribution in [0.1, 0.15) is 11.3 Å². The molecular formula is C10H12N2O2. The summed E-state index contributed by atoms with van der Waals surface area (Å²) in [5.74, 6) is 1.47. The Hall–Kier alpha value is -1.55. The molecule has 1 N–H and O–H groups in total. The number of aromatic nitrogens is 1. The van der Waals surface area contributed by atoms with Gasteiger partial charge in [0.1, 0.15) is 5.69 Å². The molecule has 2 aromatic rings. The van der Waals surface area contributed by atoms with Crippen LogP contribution in [0.15, 0.2) is 27.6 Å². The lowest BCUT2D eigenvalue weighted by Gasteiger charge is -1.97. The van der Waals surface area contributed by atoms with Crippen molar-refractivity contribution in [1.82, 2.24) is 10.3 Å². The van der Waals surface area contributed by atoms with Gasteiger partial charge >= 0.3 is 0 Å². The molecule has 0 spiro atoms. The Balaban J connectivity index is 2.41. The van der Waals surface area contributed by atoms with Gasteiger partial charge in [0, 0.05) is 6.54 Å². The number of furan rings is 1. The van der Waals surface area contributed by atoms with Crippen LogP contribution in [0.2, 0.25) is 0 Å². The Bertz CT molecular complexity index is 417. The van der Waals surface area contributed by atoms with E-state index < -0.39 is 0 Å². The summed E-state index contributed by atoms with van der Waals surface area (Å²) in [6.07, 6.45) is 3.08. The Morgan fingerprint density at radius 3 is 2.86 bits per heavy atom. The highest BCUT2D eigenvalue weighted by Gasteiger charge is 2.14. The van der Waals surface area contributed by atoms with Crippen LogP contribution in [-0.4, -0.2) is 12.0 Å². The molecular weight excluding hydrogens is 180 g/mol. The van der Waals surface area contributed by atoms with Gasteiger partial charge in [-0.25, -0.2) is 4.98 Å². The lowest BCUT2D eigenvalue weighted by atomic mass is 10.2. The van der Waals surface area contributed by atoms with Crippen LogP contribution in [0.5, 0.6) is 0 Å². The molecule has 2 rings (SSSR count). The highest BCUT2D eigenvalue weighted by molar-refractivity contribution is 5.56. The van der Waals surface area contributed by atoms with E-state index in [2.05, 4.69) is 10.3 Å². The molecule has 4 heteroatoms. The predicted octanol–water partition coefficient (Wildman–Crippen LogP) is 1.96. The number of hydrogen-bond donors (Lipinski definition) is 1. The van der Waals surface area contributed by atoms with Crippen molar-refractivity contribution in [3.63, 3.8) is 0 Å². The van der Waals surface area contributed by atoms with Gasteiger partial charge in [-0.3, -0.25) is 0 Å². The highest BCUT2D eigenvalue weighted by Crippen LogP contribution is 2.26. The third-order valence-electron chi connectivity index (χ3n) is 2.05. The smallest absolute Gasteiger partial charge is 0.194 e. The minimum Gasteiger partial charge on any atom is -0.461 e. The molecule has 0 saturated heterocycles. The first-order chi connectivity index (χ1) is 6.83. The molecule has 74 valence electrons. The molecule has 4 nitrogen and oxygen atoms in total. The lowest BCUT2D eigenvalue weighted by Crippen LogP contribution is -2.06. The predicted molar refractivity (Wildman–Crippen MR) is 51.7 cm³/mol. The van der Waals surface area contributed by atoms with Gasteiger partial charge < -0.3 is 14.2 Å². The van der Waals surface area contributed by atoms with Crippen molar-refractivity contribution in [2.45, 2.75) is 13.5 Å². The van der Waals surface area contributed by atoms with Crippen LogP contribution >= 0.6 is 0 Å². The monoisotopic (exact) mass is 192 g/mol. The Kier molecular flexibility index (Phi) is 2.37. The van der Waals surface area contributed by atoms with Crippen LogP contribution in [0.3, 0.4) is 0 Å². The van der Waals surface area contributed by atoms with Gasteiger partial charge in [0.15, 0.2) is 17.9 Å². The number of nitrogens with one attached hydrogen (secondary N) is 1. The minimum atomic E-state index is 0.673. The Labute approximate surface area is 81.9 Å². The van der Waals surface area contributed by atoms with E-state index in [1.54, 1.807) is 6.26 Å². The fourth-order valence-corrected chi connectivity index (χ4v) is 1.35. The van der Waals surface area contributed by atoms with Gasteiger partial charge in [0.05, 0.1) is 6.26 Å². The minimum absolute atomic E-state index is 0.673. The maximum atomic E-state index is 5.33. The molecule has 0 fully saturated rings. The number of nitrogens with zero attached hydrogens (tertiary/aromatic N) is 1. The highest BCUT2D eigenvalue weighted by atomic mass is 16.4. The van der Waals surface area contributed by atoms with E-state index >= 15 is 0 Å². The number of rotatable bonds is 3. The average molecular weight is 192 g/mol. The third kappa shape index (κ3) is 1.44. The average Bonchev–Trinajstić information content (AvgIpc) is 2.74. The van der Waals surface area contributed by atoms with Crippen molar-refractivity contribution in [3.8, 4) is 11.5 Å².